The van der Waals surface area contributed by atoms with E-state index in [0.29, 0.717) is 23.2 Å². The second kappa shape index (κ2) is 10.4. The van der Waals surface area contributed by atoms with Crippen LogP contribution in [-0.2, 0) is 13.6 Å². The maximum Gasteiger partial charge on any atom is 0.269 e. The third-order valence-corrected chi connectivity index (χ3v) is 7.28. The molecule has 1 aromatic carbocycles. The number of hydrogen-bond donors (Lipinski definition) is 2. The fraction of sp³-hybridized carbons (Fsp3) is 0.538. The van der Waals surface area contributed by atoms with Crippen molar-refractivity contribution < 1.29 is 4.79 Å². The summed E-state index contributed by atoms with van der Waals surface area (Å²) < 4.78 is 1.68. The molecule has 1 fully saturated rings. The lowest BCUT2D eigenvalue weighted by Gasteiger charge is -2.40. The number of hydrogen-bond acceptors (Lipinski definition) is 4. The van der Waals surface area contributed by atoms with Crippen LogP contribution >= 0.6 is 0 Å². The van der Waals surface area contributed by atoms with Gasteiger partial charge < -0.3 is 15.1 Å². The predicted octanol–water partition coefficient (Wildman–Crippen LogP) is 3.60. The van der Waals surface area contributed by atoms with Crippen molar-refractivity contribution in [2.24, 2.45) is 7.05 Å². The van der Waals surface area contributed by atoms with E-state index in [4.69, 9.17) is 0 Å². The van der Waals surface area contributed by atoms with E-state index in [1.807, 2.05) is 19.9 Å². The highest BCUT2D eigenvalue weighted by molar-refractivity contribution is 5.98. The molecule has 1 saturated carbocycles. The molecule has 3 rings (SSSR count). The zero-order chi connectivity index (χ0) is 24.3. The van der Waals surface area contributed by atoms with Crippen molar-refractivity contribution in [3.8, 4) is 0 Å². The highest BCUT2D eigenvalue weighted by atomic mass is 16.2. The summed E-state index contributed by atoms with van der Waals surface area (Å²) in [4.78, 5) is 30.1. The van der Waals surface area contributed by atoms with Gasteiger partial charge in [-0.2, -0.15) is 0 Å². The zero-order valence-electron chi connectivity index (χ0n) is 21.0. The molecule has 0 radical (unpaired) electrons. The summed E-state index contributed by atoms with van der Waals surface area (Å²) in [5.41, 5.74) is 4.86. The number of rotatable bonds is 8. The van der Waals surface area contributed by atoms with Gasteiger partial charge in [0.2, 0.25) is 0 Å². The molecule has 1 aliphatic rings. The van der Waals surface area contributed by atoms with Gasteiger partial charge in [0.05, 0.1) is 12.1 Å². The van der Waals surface area contributed by atoms with Crippen LogP contribution in [-0.4, -0.2) is 53.3 Å². The Morgan fingerprint density at radius 2 is 1.85 bits per heavy atom. The molecule has 1 heterocycles. The molecule has 0 aliphatic heterocycles. The lowest BCUT2D eigenvalue weighted by Crippen LogP contribution is -2.42. The summed E-state index contributed by atoms with van der Waals surface area (Å²) in [6, 6.07) is 5.14. The first-order valence-corrected chi connectivity index (χ1v) is 11.9. The number of amides is 1. The Kier molecular flexibility index (Phi) is 7.84. The van der Waals surface area contributed by atoms with E-state index in [1.54, 1.807) is 17.8 Å². The summed E-state index contributed by atoms with van der Waals surface area (Å²) in [5, 5.41) is 5.69. The van der Waals surface area contributed by atoms with Crippen molar-refractivity contribution in [2.45, 2.75) is 65.1 Å². The van der Waals surface area contributed by atoms with Crippen molar-refractivity contribution in [1.82, 2.24) is 20.0 Å². The van der Waals surface area contributed by atoms with E-state index in [2.05, 4.69) is 53.9 Å². The fourth-order valence-corrected chi connectivity index (χ4v) is 5.03. The molecule has 1 aliphatic carbocycles. The number of aromatic nitrogens is 2. The summed E-state index contributed by atoms with van der Waals surface area (Å²) in [6.07, 6.45) is 6.46. The topological polar surface area (TPSA) is 73.4 Å². The molecule has 0 bridgehead atoms. The molecule has 1 amide bonds. The predicted molar refractivity (Wildman–Crippen MR) is 136 cm³/mol. The fourth-order valence-electron chi connectivity index (χ4n) is 5.03. The minimum atomic E-state index is -0.174. The smallest absolute Gasteiger partial charge is 0.269 e. The maximum absolute atomic E-state index is 13.2. The number of aryl methyl sites for hydroxylation is 1. The first-order chi connectivity index (χ1) is 15.7. The highest BCUT2D eigenvalue weighted by Crippen LogP contribution is 2.33. The minimum absolute atomic E-state index is 0.168. The van der Waals surface area contributed by atoms with Crippen molar-refractivity contribution in [1.29, 1.82) is 0 Å². The minimum Gasteiger partial charge on any atom is -0.369 e. The quantitative estimate of drug-likeness (QED) is 0.641. The van der Waals surface area contributed by atoms with Crippen LogP contribution in [0.15, 0.2) is 23.5 Å². The first-order valence-electron chi connectivity index (χ1n) is 11.9. The number of anilines is 1. The summed E-state index contributed by atoms with van der Waals surface area (Å²) in [7, 11) is 6.11. The highest BCUT2D eigenvalue weighted by Gasteiger charge is 2.28. The molecular weight excluding hydrogens is 414 g/mol. The van der Waals surface area contributed by atoms with Gasteiger partial charge in [0.25, 0.3) is 11.5 Å². The van der Waals surface area contributed by atoms with Crippen molar-refractivity contribution in [3.63, 3.8) is 0 Å². The molecule has 0 spiro atoms. The van der Waals surface area contributed by atoms with E-state index in [1.165, 1.54) is 12.8 Å². The molecule has 0 unspecified atom stereocenters. The third-order valence-electron chi connectivity index (χ3n) is 7.28. The molecule has 2 aromatic rings. The lowest BCUT2D eigenvalue weighted by molar-refractivity contribution is 0.0950. The Morgan fingerprint density at radius 3 is 2.36 bits per heavy atom. The molecule has 180 valence electrons. The van der Waals surface area contributed by atoms with E-state index in [-0.39, 0.29) is 18.0 Å². The number of carbonyl (C=O) groups is 1. The SMILES string of the molecule is C=Cc1cc(C(=O)NCc2c(C)n(C)[nH]c2=O)c(C)c(N(CC)C2CCC(N(C)C)CC2)c1. The van der Waals surface area contributed by atoms with E-state index in [0.717, 1.165) is 41.9 Å². The molecule has 0 saturated heterocycles. The van der Waals surface area contributed by atoms with Crippen LogP contribution in [0.3, 0.4) is 0 Å². The Balaban J connectivity index is 1.86. The van der Waals surface area contributed by atoms with Gasteiger partial charge in [0, 0.05) is 42.6 Å². The Morgan fingerprint density at radius 1 is 1.21 bits per heavy atom. The maximum atomic E-state index is 13.2. The van der Waals surface area contributed by atoms with Gasteiger partial charge in [0.15, 0.2) is 0 Å². The summed E-state index contributed by atoms with van der Waals surface area (Å²) >= 11 is 0. The van der Waals surface area contributed by atoms with Gasteiger partial charge in [-0.05, 0) is 83.8 Å². The lowest BCUT2D eigenvalue weighted by atomic mass is 9.88. The number of benzene rings is 1. The third kappa shape index (κ3) is 5.24. The summed E-state index contributed by atoms with van der Waals surface area (Å²) in [6.45, 7) is 11.1. The van der Waals surface area contributed by atoms with Gasteiger partial charge >= 0.3 is 0 Å². The van der Waals surface area contributed by atoms with Crippen LogP contribution in [0.1, 0.15) is 65.3 Å². The van der Waals surface area contributed by atoms with Crippen LogP contribution in [0.2, 0.25) is 0 Å². The van der Waals surface area contributed by atoms with E-state index < -0.39 is 0 Å². The van der Waals surface area contributed by atoms with Gasteiger partial charge in [-0.1, -0.05) is 12.7 Å². The molecule has 1 aromatic heterocycles. The van der Waals surface area contributed by atoms with Gasteiger partial charge in [0.1, 0.15) is 0 Å². The Labute approximate surface area is 197 Å². The Bertz CT molecular complexity index is 1060. The average molecular weight is 454 g/mol. The summed E-state index contributed by atoms with van der Waals surface area (Å²) in [5.74, 6) is -0.174. The van der Waals surface area contributed by atoms with Crippen molar-refractivity contribution in [2.75, 3.05) is 25.5 Å². The molecule has 7 heteroatoms. The van der Waals surface area contributed by atoms with Crippen molar-refractivity contribution in [3.05, 3.63) is 57.0 Å². The van der Waals surface area contributed by atoms with Crippen LogP contribution in [0.4, 0.5) is 5.69 Å². The van der Waals surface area contributed by atoms with Crippen LogP contribution in [0.5, 0.6) is 0 Å². The second-order valence-corrected chi connectivity index (χ2v) is 9.38. The van der Waals surface area contributed by atoms with E-state index >= 15 is 0 Å². The number of aromatic amines is 1. The Hall–Kier alpha value is -2.80. The normalized spacial score (nSPS) is 18.4. The monoisotopic (exact) mass is 453 g/mol. The second-order valence-electron chi connectivity index (χ2n) is 9.38. The number of carbonyl (C=O) groups excluding carboxylic acids is 1. The number of nitrogens with zero attached hydrogens (tertiary/aromatic N) is 3. The molecule has 2 N–H and O–H groups in total. The molecular formula is C26H39N5O2. The van der Waals surface area contributed by atoms with Crippen LogP contribution < -0.4 is 15.8 Å². The van der Waals surface area contributed by atoms with E-state index in [9.17, 15) is 9.59 Å². The largest absolute Gasteiger partial charge is 0.369 e. The number of nitrogens with one attached hydrogen (secondary N) is 2. The average Bonchev–Trinajstić information content (AvgIpc) is 3.04. The van der Waals surface area contributed by atoms with Crippen LogP contribution in [0.25, 0.3) is 6.08 Å². The standard InChI is InChI=1S/C26H39N5O2/c1-8-19-14-22(25(32)27-16-23-18(4)30(7)28-26(23)33)17(3)24(15-19)31(9-2)21-12-10-20(11-13-21)29(5)6/h8,14-15,20-21H,1,9-13,16H2,2-7H3,(H,27,32)(H,28,33). The molecule has 0 atom stereocenters. The number of H-pyrrole nitrogens is 1. The molecule has 33 heavy (non-hydrogen) atoms. The first kappa shape index (κ1) is 24.8. The van der Waals surface area contributed by atoms with Gasteiger partial charge in [-0.15, -0.1) is 0 Å². The van der Waals surface area contributed by atoms with Gasteiger partial charge in [-0.3, -0.25) is 19.4 Å². The zero-order valence-corrected chi connectivity index (χ0v) is 21.0. The van der Waals surface area contributed by atoms with Crippen molar-refractivity contribution >= 4 is 17.7 Å². The molecule has 7 nitrogen and oxygen atoms in total. The van der Waals surface area contributed by atoms with Crippen LogP contribution in [0, 0.1) is 13.8 Å². The van der Waals surface area contributed by atoms with Gasteiger partial charge in [-0.25, -0.2) is 0 Å².